The Labute approximate surface area is 123 Å². The summed E-state index contributed by atoms with van der Waals surface area (Å²) in [6.45, 7) is 4.19. The van der Waals surface area contributed by atoms with Crippen molar-refractivity contribution >= 4 is 0 Å². The van der Waals surface area contributed by atoms with Crippen LogP contribution in [0.1, 0.15) is 43.5 Å². The Kier molecular flexibility index (Phi) is 3.53. The van der Waals surface area contributed by atoms with Crippen LogP contribution in [0.5, 0.6) is 5.88 Å². The van der Waals surface area contributed by atoms with Crippen molar-refractivity contribution in [3.63, 3.8) is 0 Å². The molecule has 4 nitrogen and oxygen atoms in total. The summed E-state index contributed by atoms with van der Waals surface area (Å²) in [6, 6.07) is 7.50. The van der Waals surface area contributed by atoms with E-state index >= 15 is 0 Å². The van der Waals surface area contributed by atoms with E-state index in [2.05, 4.69) is 16.9 Å². The van der Waals surface area contributed by atoms with Crippen LogP contribution in [0.2, 0.25) is 0 Å². The number of aromatic amines is 1. The van der Waals surface area contributed by atoms with Gasteiger partial charge in [-0.05, 0) is 37.7 Å². The molecule has 1 heterocycles. The second-order valence-electron chi connectivity index (χ2n) is 6.13. The third-order valence-electron chi connectivity index (χ3n) is 4.34. The number of aromatic hydroxyl groups is 1. The van der Waals surface area contributed by atoms with Gasteiger partial charge in [-0.1, -0.05) is 36.8 Å². The minimum atomic E-state index is -0.263. The maximum absolute atomic E-state index is 12.3. The molecule has 0 aliphatic heterocycles. The van der Waals surface area contributed by atoms with Gasteiger partial charge in [0.1, 0.15) is 11.4 Å². The quantitative estimate of drug-likeness (QED) is 0.888. The molecule has 2 aromatic rings. The Morgan fingerprint density at radius 2 is 1.95 bits per heavy atom. The van der Waals surface area contributed by atoms with Crippen molar-refractivity contribution in [1.82, 2.24) is 9.97 Å². The minimum Gasteiger partial charge on any atom is -0.493 e. The third-order valence-corrected chi connectivity index (χ3v) is 4.34. The number of nitrogens with one attached hydrogen (secondary N) is 1. The number of hydrogen-bond acceptors (Lipinski definition) is 3. The fraction of sp³-hybridized carbons (Fsp3) is 0.412. The maximum atomic E-state index is 12.3. The number of aromatic nitrogens is 2. The van der Waals surface area contributed by atoms with E-state index in [1.807, 2.05) is 31.2 Å². The molecule has 21 heavy (non-hydrogen) atoms. The Bertz CT molecular complexity index is 704. The van der Waals surface area contributed by atoms with E-state index in [0.29, 0.717) is 17.3 Å². The molecular weight excluding hydrogens is 264 g/mol. The van der Waals surface area contributed by atoms with Crippen LogP contribution in [0.4, 0.5) is 0 Å². The van der Waals surface area contributed by atoms with Gasteiger partial charge in [-0.25, -0.2) is 0 Å². The molecule has 2 unspecified atom stereocenters. The van der Waals surface area contributed by atoms with Crippen LogP contribution in [-0.2, 0) is 0 Å². The monoisotopic (exact) mass is 284 g/mol. The van der Waals surface area contributed by atoms with Gasteiger partial charge in [0.15, 0.2) is 0 Å². The molecule has 1 saturated carbocycles. The zero-order chi connectivity index (χ0) is 15.0. The van der Waals surface area contributed by atoms with E-state index in [1.54, 1.807) is 0 Å². The molecule has 0 amide bonds. The smallest absolute Gasteiger partial charge is 0.262 e. The minimum absolute atomic E-state index is 0.169. The lowest BCUT2D eigenvalue weighted by Crippen LogP contribution is -2.15. The molecule has 2 atom stereocenters. The molecule has 2 N–H and O–H groups in total. The summed E-state index contributed by atoms with van der Waals surface area (Å²) in [5.41, 5.74) is 1.79. The predicted octanol–water partition coefficient (Wildman–Crippen LogP) is 3.35. The largest absolute Gasteiger partial charge is 0.493 e. The Hall–Kier alpha value is -2.10. The van der Waals surface area contributed by atoms with Crippen molar-refractivity contribution in [3.05, 3.63) is 46.0 Å². The topological polar surface area (TPSA) is 66.0 Å². The number of hydrogen-bond donors (Lipinski definition) is 2. The molecule has 1 aliphatic rings. The Morgan fingerprint density at radius 3 is 2.52 bits per heavy atom. The molecular formula is C17H20N2O2. The summed E-state index contributed by atoms with van der Waals surface area (Å²) >= 11 is 0. The highest BCUT2D eigenvalue weighted by atomic mass is 16.3. The predicted molar refractivity (Wildman–Crippen MR) is 82.5 cm³/mol. The van der Waals surface area contributed by atoms with Crippen LogP contribution in [0.25, 0.3) is 11.1 Å². The summed E-state index contributed by atoms with van der Waals surface area (Å²) in [5, 5.41) is 10.2. The van der Waals surface area contributed by atoms with Crippen molar-refractivity contribution < 1.29 is 5.11 Å². The lowest BCUT2D eigenvalue weighted by Gasteiger charge is -2.11. The Morgan fingerprint density at radius 1 is 1.24 bits per heavy atom. The van der Waals surface area contributed by atoms with E-state index in [0.717, 1.165) is 24.8 Å². The highest BCUT2D eigenvalue weighted by Crippen LogP contribution is 2.37. The van der Waals surface area contributed by atoms with Gasteiger partial charge in [-0.2, -0.15) is 4.98 Å². The molecule has 1 aliphatic carbocycles. The average molecular weight is 284 g/mol. The highest BCUT2D eigenvalue weighted by molar-refractivity contribution is 5.67. The van der Waals surface area contributed by atoms with Gasteiger partial charge in [0, 0.05) is 5.92 Å². The van der Waals surface area contributed by atoms with Crippen molar-refractivity contribution in [3.8, 4) is 17.0 Å². The SMILES string of the molecule is Cc1ccc(-c2c(O)nc(C3CCC(C)C3)[nH]c2=O)cc1. The summed E-state index contributed by atoms with van der Waals surface area (Å²) < 4.78 is 0. The van der Waals surface area contributed by atoms with Crippen LogP contribution in [0, 0.1) is 12.8 Å². The maximum Gasteiger partial charge on any atom is 0.262 e. The molecule has 0 radical (unpaired) electrons. The standard InChI is InChI=1S/C17H20N2O2/c1-10-3-6-12(7-4-10)14-16(20)18-15(19-17(14)21)13-8-5-11(2)9-13/h3-4,6-7,11,13H,5,8-9H2,1-2H3,(H2,18,19,20,21). The Balaban J connectivity index is 2.00. The van der Waals surface area contributed by atoms with Gasteiger partial charge in [0.05, 0.1) is 0 Å². The molecule has 110 valence electrons. The van der Waals surface area contributed by atoms with Crippen molar-refractivity contribution in [1.29, 1.82) is 0 Å². The van der Waals surface area contributed by atoms with Crippen molar-refractivity contribution in [2.45, 2.75) is 39.0 Å². The van der Waals surface area contributed by atoms with Gasteiger partial charge in [0.25, 0.3) is 5.56 Å². The molecule has 1 aromatic heterocycles. The second kappa shape index (κ2) is 5.35. The average Bonchev–Trinajstić information content (AvgIpc) is 2.87. The molecule has 1 aromatic carbocycles. The van der Waals surface area contributed by atoms with E-state index in [4.69, 9.17) is 0 Å². The highest BCUT2D eigenvalue weighted by Gasteiger charge is 2.26. The van der Waals surface area contributed by atoms with Gasteiger partial charge in [-0.15, -0.1) is 0 Å². The first-order valence-electron chi connectivity index (χ1n) is 7.45. The fourth-order valence-corrected chi connectivity index (χ4v) is 3.11. The van der Waals surface area contributed by atoms with Crippen LogP contribution in [0.3, 0.4) is 0 Å². The zero-order valence-corrected chi connectivity index (χ0v) is 12.4. The molecule has 1 fully saturated rings. The molecule has 0 spiro atoms. The van der Waals surface area contributed by atoms with E-state index in [-0.39, 0.29) is 22.9 Å². The number of rotatable bonds is 2. The van der Waals surface area contributed by atoms with Gasteiger partial charge in [0.2, 0.25) is 5.88 Å². The van der Waals surface area contributed by atoms with Crippen LogP contribution in [-0.4, -0.2) is 15.1 Å². The second-order valence-corrected chi connectivity index (χ2v) is 6.13. The number of aryl methyl sites for hydroxylation is 1. The first-order chi connectivity index (χ1) is 10.0. The third kappa shape index (κ3) is 2.71. The van der Waals surface area contributed by atoms with Crippen LogP contribution in [0.15, 0.2) is 29.1 Å². The number of H-pyrrole nitrogens is 1. The molecule has 0 bridgehead atoms. The summed E-state index contributed by atoms with van der Waals surface area (Å²) in [6.07, 6.45) is 3.19. The van der Waals surface area contributed by atoms with Crippen LogP contribution >= 0.6 is 0 Å². The van der Waals surface area contributed by atoms with E-state index < -0.39 is 0 Å². The number of nitrogens with zero attached hydrogens (tertiary/aromatic N) is 1. The molecule has 4 heteroatoms. The lowest BCUT2D eigenvalue weighted by molar-refractivity contribution is 0.445. The van der Waals surface area contributed by atoms with Crippen molar-refractivity contribution in [2.75, 3.05) is 0 Å². The van der Waals surface area contributed by atoms with E-state index in [9.17, 15) is 9.90 Å². The zero-order valence-electron chi connectivity index (χ0n) is 12.4. The van der Waals surface area contributed by atoms with Gasteiger partial charge in [-0.3, -0.25) is 4.79 Å². The fourth-order valence-electron chi connectivity index (χ4n) is 3.11. The molecule has 0 saturated heterocycles. The van der Waals surface area contributed by atoms with Gasteiger partial charge >= 0.3 is 0 Å². The van der Waals surface area contributed by atoms with Crippen LogP contribution < -0.4 is 5.56 Å². The molecule has 3 rings (SSSR count). The van der Waals surface area contributed by atoms with Crippen molar-refractivity contribution in [2.24, 2.45) is 5.92 Å². The van der Waals surface area contributed by atoms with E-state index in [1.165, 1.54) is 0 Å². The summed E-state index contributed by atoms with van der Waals surface area (Å²) in [7, 11) is 0. The first-order valence-corrected chi connectivity index (χ1v) is 7.45. The first kappa shape index (κ1) is 13.9. The summed E-state index contributed by atoms with van der Waals surface area (Å²) in [5.74, 6) is 1.36. The number of benzene rings is 1. The lowest BCUT2D eigenvalue weighted by atomic mass is 10.0. The van der Waals surface area contributed by atoms with Gasteiger partial charge < -0.3 is 10.1 Å². The summed E-state index contributed by atoms with van der Waals surface area (Å²) in [4.78, 5) is 19.4. The normalized spacial score (nSPS) is 21.6.